The average Bonchev–Trinajstić information content (AvgIpc) is 2.78. The van der Waals surface area contributed by atoms with Gasteiger partial charge in [0.2, 0.25) is 11.8 Å². The largest absolute Gasteiger partial charge is 0.378 e. The number of hydrogen-bond donors (Lipinski definition) is 1. The number of aromatic amines is 1. The number of aromatic nitrogens is 2. The first-order valence-corrected chi connectivity index (χ1v) is 10.1. The van der Waals surface area contributed by atoms with E-state index in [1.807, 2.05) is 9.80 Å². The molecule has 2 amide bonds. The molecule has 3 heterocycles. The summed E-state index contributed by atoms with van der Waals surface area (Å²) < 4.78 is 6.34. The summed E-state index contributed by atoms with van der Waals surface area (Å²) in [6.45, 7) is 4.63. The van der Waals surface area contributed by atoms with E-state index in [-0.39, 0.29) is 18.4 Å². The van der Waals surface area contributed by atoms with Gasteiger partial charge in [0.15, 0.2) is 0 Å². The summed E-state index contributed by atoms with van der Waals surface area (Å²) in [5.41, 5.74) is -0.794. The standard InChI is InChI=1S/C20H25N5O5/c26-17(24-9-11-30-12-10-24)13-22-5-7-23(8-6-22)18(27)14-25-20(29)16-4-2-1-3-15(16)19(28)21-25/h1-4H,5-14H2,(H,21,28). The fourth-order valence-electron chi connectivity index (χ4n) is 3.85. The molecular formula is C20H25N5O5. The van der Waals surface area contributed by atoms with Gasteiger partial charge in [-0.2, -0.15) is 0 Å². The van der Waals surface area contributed by atoms with Gasteiger partial charge in [-0.25, -0.2) is 4.68 Å². The van der Waals surface area contributed by atoms with Crippen LogP contribution in [0.4, 0.5) is 0 Å². The number of piperazine rings is 1. The first kappa shape index (κ1) is 20.3. The van der Waals surface area contributed by atoms with Crippen molar-refractivity contribution in [1.82, 2.24) is 24.5 Å². The van der Waals surface area contributed by atoms with E-state index in [2.05, 4.69) is 5.10 Å². The van der Waals surface area contributed by atoms with Gasteiger partial charge in [0.05, 0.1) is 30.5 Å². The molecule has 1 aromatic carbocycles. The normalized spacial score (nSPS) is 18.0. The van der Waals surface area contributed by atoms with Crippen LogP contribution in [0.25, 0.3) is 10.8 Å². The lowest BCUT2D eigenvalue weighted by Gasteiger charge is -2.36. The van der Waals surface area contributed by atoms with E-state index in [1.165, 1.54) is 0 Å². The Labute approximate surface area is 172 Å². The summed E-state index contributed by atoms with van der Waals surface area (Å²) in [6.07, 6.45) is 0. The highest BCUT2D eigenvalue weighted by atomic mass is 16.5. The fourth-order valence-corrected chi connectivity index (χ4v) is 3.85. The molecule has 0 saturated carbocycles. The van der Waals surface area contributed by atoms with E-state index >= 15 is 0 Å². The van der Waals surface area contributed by atoms with Crippen molar-refractivity contribution in [3.8, 4) is 0 Å². The molecule has 0 radical (unpaired) electrons. The highest BCUT2D eigenvalue weighted by Crippen LogP contribution is 2.06. The Hall–Kier alpha value is -2.98. The molecule has 2 saturated heterocycles. The average molecular weight is 415 g/mol. The van der Waals surface area contributed by atoms with Gasteiger partial charge in [-0.3, -0.25) is 29.2 Å². The van der Waals surface area contributed by atoms with E-state index in [0.717, 1.165) is 4.68 Å². The quantitative estimate of drug-likeness (QED) is 0.665. The predicted octanol–water partition coefficient (Wildman–Crippen LogP) is -1.31. The summed E-state index contributed by atoms with van der Waals surface area (Å²) >= 11 is 0. The monoisotopic (exact) mass is 415 g/mol. The van der Waals surface area contributed by atoms with Crippen LogP contribution in [0.15, 0.2) is 33.9 Å². The Balaban J connectivity index is 1.34. The van der Waals surface area contributed by atoms with Crippen LogP contribution in [0.3, 0.4) is 0 Å². The van der Waals surface area contributed by atoms with Crippen LogP contribution in [0, 0.1) is 0 Å². The van der Waals surface area contributed by atoms with Gasteiger partial charge in [0, 0.05) is 39.3 Å². The molecule has 160 valence electrons. The molecule has 2 aliphatic rings. The molecule has 0 aliphatic carbocycles. The molecule has 2 fully saturated rings. The molecule has 0 unspecified atom stereocenters. The van der Waals surface area contributed by atoms with Crippen LogP contribution in [0.2, 0.25) is 0 Å². The van der Waals surface area contributed by atoms with Gasteiger partial charge < -0.3 is 14.5 Å². The Bertz CT molecular complexity index is 1050. The number of morpholine rings is 1. The molecule has 30 heavy (non-hydrogen) atoms. The molecule has 0 atom stereocenters. The van der Waals surface area contributed by atoms with Crippen molar-refractivity contribution < 1.29 is 14.3 Å². The lowest BCUT2D eigenvalue weighted by atomic mass is 10.2. The van der Waals surface area contributed by atoms with Crippen LogP contribution in [-0.2, 0) is 20.9 Å². The van der Waals surface area contributed by atoms with E-state index in [4.69, 9.17) is 4.74 Å². The maximum Gasteiger partial charge on any atom is 0.273 e. The molecular weight excluding hydrogens is 390 g/mol. The number of ether oxygens (including phenoxy) is 1. The number of fused-ring (bicyclic) bond motifs is 1. The summed E-state index contributed by atoms with van der Waals surface area (Å²) in [6, 6.07) is 6.54. The number of benzene rings is 1. The van der Waals surface area contributed by atoms with Crippen molar-refractivity contribution in [3.05, 3.63) is 45.0 Å². The number of nitrogens with zero attached hydrogens (tertiary/aromatic N) is 4. The van der Waals surface area contributed by atoms with Crippen molar-refractivity contribution in [1.29, 1.82) is 0 Å². The summed E-state index contributed by atoms with van der Waals surface area (Å²) in [5.74, 6) is -0.152. The number of nitrogens with one attached hydrogen (secondary N) is 1. The van der Waals surface area contributed by atoms with Crippen LogP contribution >= 0.6 is 0 Å². The van der Waals surface area contributed by atoms with Crippen molar-refractivity contribution in [2.75, 3.05) is 59.0 Å². The second-order valence-electron chi connectivity index (χ2n) is 7.53. The number of carbonyl (C=O) groups excluding carboxylic acids is 2. The zero-order valence-corrected chi connectivity index (χ0v) is 16.7. The summed E-state index contributed by atoms with van der Waals surface area (Å²) in [7, 11) is 0. The van der Waals surface area contributed by atoms with E-state index in [9.17, 15) is 19.2 Å². The number of rotatable bonds is 4. The molecule has 2 aliphatic heterocycles. The van der Waals surface area contributed by atoms with Gasteiger partial charge in [0.25, 0.3) is 11.1 Å². The molecule has 0 spiro atoms. The summed E-state index contributed by atoms with van der Waals surface area (Å²) in [5, 5.41) is 3.09. The number of carbonyl (C=O) groups is 2. The predicted molar refractivity (Wildman–Crippen MR) is 109 cm³/mol. The van der Waals surface area contributed by atoms with Gasteiger partial charge in [0.1, 0.15) is 6.54 Å². The van der Waals surface area contributed by atoms with Crippen LogP contribution < -0.4 is 11.1 Å². The first-order valence-electron chi connectivity index (χ1n) is 10.1. The molecule has 2 aromatic rings. The highest BCUT2D eigenvalue weighted by molar-refractivity contribution is 5.81. The van der Waals surface area contributed by atoms with Gasteiger partial charge in [-0.1, -0.05) is 12.1 Å². The van der Waals surface area contributed by atoms with E-state index in [0.29, 0.717) is 69.8 Å². The van der Waals surface area contributed by atoms with E-state index in [1.54, 1.807) is 29.2 Å². The number of amides is 2. The first-order chi connectivity index (χ1) is 14.5. The Morgan fingerprint density at radius 2 is 1.43 bits per heavy atom. The second kappa shape index (κ2) is 8.80. The third kappa shape index (κ3) is 4.29. The van der Waals surface area contributed by atoms with Crippen LogP contribution in [0.1, 0.15) is 0 Å². The molecule has 0 bridgehead atoms. The highest BCUT2D eigenvalue weighted by Gasteiger charge is 2.25. The minimum absolute atomic E-state index is 0.0818. The third-order valence-corrected chi connectivity index (χ3v) is 5.62. The minimum Gasteiger partial charge on any atom is -0.378 e. The molecule has 10 nitrogen and oxygen atoms in total. The number of H-pyrrole nitrogens is 1. The molecule has 1 aromatic heterocycles. The van der Waals surface area contributed by atoms with Crippen molar-refractivity contribution >= 4 is 22.6 Å². The maximum absolute atomic E-state index is 12.7. The Morgan fingerprint density at radius 3 is 2.13 bits per heavy atom. The Morgan fingerprint density at radius 1 is 0.833 bits per heavy atom. The van der Waals surface area contributed by atoms with Gasteiger partial charge >= 0.3 is 0 Å². The maximum atomic E-state index is 12.7. The fraction of sp³-hybridized carbons (Fsp3) is 0.500. The lowest BCUT2D eigenvalue weighted by molar-refractivity contribution is -0.138. The van der Waals surface area contributed by atoms with Gasteiger partial charge in [-0.15, -0.1) is 0 Å². The van der Waals surface area contributed by atoms with Crippen LogP contribution in [-0.4, -0.2) is 95.3 Å². The summed E-state index contributed by atoms with van der Waals surface area (Å²) in [4.78, 5) is 55.3. The zero-order valence-electron chi connectivity index (χ0n) is 16.7. The second-order valence-corrected chi connectivity index (χ2v) is 7.53. The van der Waals surface area contributed by atoms with Crippen molar-refractivity contribution in [3.63, 3.8) is 0 Å². The molecule has 4 rings (SSSR count). The van der Waals surface area contributed by atoms with Crippen molar-refractivity contribution in [2.24, 2.45) is 0 Å². The van der Waals surface area contributed by atoms with E-state index < -0.39 is 11.1 Å². The Kier molecular flexibility index (Phi) is 5.96. The lowest BCUT2D eigenvalue weighted by Crippen LogP contribution is -2.53. The zero-order chi connectivity index (χ0) is 21.1. The minimum atomic E-state index is -0.399. The van der Waals surface area contributed by atoms with Gasteiger partial charge in [-0.05, 0) is 12.1 Å². The SMILES string of the molecule is O=C(CN1CCN(C(=O)Cn2[nH]c(=O)c3ccccc3c2=O)CC1)N1CCOCC1. The van der Waals surface area contributed by atoms with Crippen LogP contribution in [0.5, 0.6) is 0 Å². The molecule has 1 N–H and O–H groups in total. The topological polar surface area (TPSA) is 108 Å². The molecule has 10 heteroatoms. The smallest absolute Gasteiger partial charge is 0.273 e. The number of hydrogen-bond acceptors (Lipinski definition) is 6. The van der Waals surface area contributed by atoms with Crippen molar-refractivity contribution in [2.45, 2.75) is 6.54 Å². The third-order valence-electron chi connectivity index (χ3n) is 5.62.